The summed E-state index contributed by atoms with van der Waals surface area (Å²) >= 11 is 0. The highest BCUT2D eigenvalue weighted by Crippen LogP contribution is 2.18. The summed E-state index contributed by atoms with van der Waals surface area (Å²) in [5, 5.41) is 11.3. The Labute approximate surface area is 81.8 Å². The molecule has 1 aromatic carbocycles. The van der Waals surface area contributed by atoms with Crippen molar-refractivity contribution in [1.29, 1.82) is 0 Å². The van der Waals surface area contributed by atoms with Gasteiger partial charge in [0, 0.05) is 17.7 Å². The average molecular weight is 186 g/mol. The maximum atomic E-state index is 5.58. The van der Waals surface area contributed by atoms with E-state index in [4.69, 9.17) is 5.73 Å². The number of hydrogen-bond acceptors (Lipinski definition) is 4. The second-order valence-corrected chi connectivity index (χ2v) is 2.88. The van der Waals surface area contributed by atoms with E-state index in [0.29, 0.717) is 6.54 Å². The van der Waals surface area contributed by atoms with Gasteiger partial charge in [-0.15, -0.1) is 10.2 Å². The van der Waals surface area contributed by atoms with E-state index in [9.17, 15) is 0 Å². The Bertz CT molecular complexity index is 413. The highest BCUT2D eigenvalue weighted by atomic mass is 15.3. The first-order valence-corrected chi connectivity index (χ1v) is 4.34. The molecule has 0 saturated heterocycles. The maximum Gasteiger partial charge on any atom is 0.101 e. The summed E-state index contributed by atoms with van der Waals surface area (Å²) in [6.07, 6.45) is 1.65. The molecule has 0 spiro atoms. The predicted octanol–water partition coefficient (Wildman–Crippen LogP) is 0.997. The average Bonchev–Trinajstić information content (AvgIpc) is 2.30. The van der Waals surface area contributed by atoms with Crippen LogP contribution in [0, 0.1) is 0 Å². The molecule has 1 aromatic heterocycles. The third-order valence-corrected chi connectivity index (χ3v) is 1.98. The van der Waals surface area contributed by atoms with Crippen molar-refractivity contribution in [3.8, 4) is 11.3 Å². The molecule has 0 saturated carbocycles. The molecule has 0 atom stereocenters. The summed E-state index contributed by atoms with van der Waals surface area (Å²) in [6, 6.07) is 9.82. The van der Waals surface area contributed by atoms with Crippen LogP contribution in [0.25, 0.3) is 11.3 Å². The largest absolute Gasteiger partial charge is 0.326 e. The van der Waals surface area contributed by atoms with Crippen molar-refractivity contribution in [1.82, 2.24) is 15.4 Å². The highest BCUT2D eigenvalue weighted by molar-refractivity contribution is 5.61. The first-order valence-electron chi connectivity index (χ1n) is 4.34. The lowest BCUT2D eigenvalue weighted by molar-refractivity contribution is 0.842. The molecule has 0 fully saturated rings. The Balaban J connectivity index is 2.51. The van der Waals surface area contributed by atoms with Gasteiger partial charge in [0.25, 0.3) is 0 Å². The quantitative estimate of drug-likeness (QED) is 0.759. The van der Waals surface area contributed by atoms with Crippen LogP contribution in [-0.4, -0.2) is 15.4 Å². The van der Waals surface area contributed by atoms with Gasteiger partial charge in [0.1, 0.15) is 5.69 Å². The Morgan fingerprint density at radius 2 is 1.93 bits per heavy atom. The molecular weight excluding hydrogens is 176 g/mol. The molecule has 0 aliphatic rings. The zero-order valence-electron chi connectivity index (χ0n) is 7.59. The Kier molecular flexibility index (Phi) is 2.46. The normalized spacial score (nSPS) is 10.1. The molecule has 0 aliphatic carbocycles. The Morgan fingerprint density at radius 3 is 2.64 bits per heavy atom. The van der Waals surface area contributed by atoms with Crippen LogP contribution in [0.15, 0.2) is 36.5 Å². The summed E-state index contributed by atoms with van der Waals surface area (Å²) in [7, 11) is 0. The van der Waals surface area contributed by atoms with Crippen LogP contribution in [0.4, 0.5) is 0 Å². The smallest absolute Gasteiger partial charge is 0.101 e. The first-order chi connectivity index (χ1) is 6.92. The van der Waals surface area contributed by atoms with Gasteiger partial charge < -0.3 is 5.73 Å². The molecule has 70 valence electrons. The molecule has 2 rings (SSSR count). The van der Waals surface area contributed by atoms with Crippen LogP contribution in [0.3, 0.4) is 0 Å². The van der Waals surface area contributed by atoms with Gasteiger partial charge in [-0.05, 0) is 5.21 Å². The second-order valence-electron chi connectivity index (χ2n) is 2.88. The van der Waals surface area contributed by atoms with Gasteiger partial charge in [-0.25, -0.2) is 0 Å². The molecule has 0 amide bonds. The summed E-state index contributed by atoms with van der Waals surface area (Å²) in [4.78, 5) is 0. The molecule has 1 heterocycles. The third kappa shape index (κ3) is 1.60. The van der Waals surface area contributed by atoms with Crippen molar-refractivity contribution >= 4 is 0 Å². The topological polar surface area (TPSA) is 64.7 Å². The molecule has 0 bridgehead atoms. The van der Waals surface area contributed by atoms with Crippen molar-refractivity contribution in [3.63, 3.8) is 0 Å². The Hall–Kier alpha value is -1.81. The minimum absolute atomic E-state index is 0.423. The zero-order chi connectivity index (χ0) is 9.80. The molecule has 0 radical (unpaired) electrons. The van der Waals surface area contributed by atoms with Crippen LogP contribution in [-0.2, 0) is 6.54 Å². The lowest BCUT2D eigenvalue weighted by atomic mass is 10.1. The highest BCUT2D eigenvalue weighted by Gasteiger charge is 2.04. The second kappa shape index (κ2) is 3.93. The standard InChI is InChI=1S/C10H10N4/c11-6-9-7-12-14-13-10(9)8-4-2-1-3-5-8/h1-5,7H,6,11H2. The molecular formula is C10H10N4. The van der Waals surface area contributed by atoms with Gasteiger partial charge in [-0.1, -0.05) is 30.3 Å². The van der Waals surface area contributed by atoms with Gasteiger partial charge in [0.05, 0.1) is 6.20 Å². The van der Waals surface area contributed by atoms with Gasteiger partial charge >= 0.3 is 0 Å². The van der Waals surface area contributed by atoms with Gasteiger partial charge in [-0.2, -0.15) is 0 Å². The lowest BCUT2D eigenvalue weighted by Crippen LogP contribution is -2.03. The van der Waals surface area contributed by atoms with Gasteiger partial charge in [-0.3, -0.25) is 0 Å². The fourth-order valence-corrected chi connectivity index (χ4v) is 1.28. The minimum atomic E-state index is 0.423. The number of rotatable bonds is 2. The van der Waals surface area contributed by atoms with Crippen LogP contribution >= 0.6 is 0 Å². The van der Waals surface area contributed by atoms with E-state index >= 15 is 0 Å². The number of nitrogens with two attached hydrogens (primary N) is 1. The van der Waals surface area contributed by atoms with Crippen LogP contribution < -0.4 is 5.73 Å². The summed E-state index contributed by atoms with van der Waals surface area (Å²) < 4.78 is 0. The number of nitrogens with zero attached hydrogens (tertiary/aromatic N) is 3. The molecule has 4 nitrogen and oxygen atoms in total. The fraction of sp³-hybridized carbons (Fsp3) is 0.100. The van der Waals surface area contributed by atoms with E-state index in [0.717, 1.165) is 16.8 Å². The van der Waals surface area contributed by atoms with Crippen LogP contribution in [0.5, 0.6) is 0 Å². The first kappa shape index (κ1) is 8.77. The van der Waals surface area contributed by atoms with E-state index in [1.165, 1.54) is 0 Å². The predicted molar refractivity (Wildman–Crippen MR) is 53.2 cm³/mol. The minimum Gasteiger partial charge on any atom is -0.326 e. The van der Waals surface area contributed by atoms with Gasteiger partial charge in [0.2, 0.25) is 0 Å². The van der Waals surface area contributed by atoms with Crippen molar-refractivity contribution in [2.24, 2.45) is 5.73 Å². The lowest BCUT2D eigenvalue weighted by Gasteiger charge is -2.03. The number of hydrogen-bond donors (Lipinski definition) is 1. The van der Waals surface area contributed by atoms with E-state index in [-0.39, 0.29) is 0 Å². The molecule has 4 heteroatoms. The summed E-state index contributed by atoms with van der Waals surface area (Å²) in [5.41, 5.74) is 8.31. The maximum absolute atomic E-state index is 5.58. The van der Waals surface area contributed by atoms with Gasteiger partial charge in [0.15, 0.2) is 0 Å². The van der Waals surface area contributed by atoms with Crippen molar-refractivity contribution in [3.05, 3.63) is 42.1 Å². The van der Waals surface area contributed by atoms with Crippen molar-refractivity contribution in [2.75, 3.05) is 0 Å². The Morgan fingerprint density at radius 1 is 1.14 bits per heavy atom. The van der Waals surface area contributed by atoms with Crippen molar-refractivity contribution < 1.29 is 0 Å². The van der Waals surface area contributed by atoms with E-state index in [1.807, 2.05) is 30.3 Å². The van der Waals surface area contributed by atoms with E-state index in [1.54, 1.807) is 6.20 Å². The fourth-order valence-electron chi connectivity index (χ4n) is 1.28. The molecule has 14 heavy (non-hydrogen) atoms. The zero-order valence-corrected chi connectivity index (χ0v) is 7.59. The molecule has 0 unspecified atom stereocenters. The van der Waals surface area contributed by atoms with Crippen molar-refractivity contribution in [2.45, 2.75) is 6.54 Å². The van der Waals surface area contributed by atoms with Crippen LogP contribution in [0.2, 0.25) is 0 Å². The molecule has 0 aliphatic heterocycles. The number of benzene rings is 1. The summed E-state index contributed by atoms with van der Waals surface area (Å²) in [5.74, 6) is 0. The van der Waals surface area contributed by atoms with E-state index in [2.05, 4.69) is 15.4 Å². The summed E-state index contributed by atoms with van der Waals surface area (Å²) in [6.45, 7) is 0.423. The molecule has 2 aromatic rings. The SMILES string of the molecule is NCc1cnnnc1-c1ccccc1. The number of aromatic nitrogens is 3. The third-order valence-electron chi connectivity index (χ3n) is 1.98. The van der Waals surface area contributed by atoms with Crippen LogP contribution in [0.1, 0.15) is 5.56 Å². The molecule has 2 N–H and O–H groups in total. The van der Waals surface area contributed by atoms with E-state index < -0.39 is 0 Å². The monoisotopic (exact) mass is 186 g/mol.